The van der Waals surface area contributed by atoms with Gasteiger partial charge in [-0.1, -0.05) is 72.4 Å². The van der Waals surface area contributed by atoms with Gasteiger partial charge in [-0.15, -0.1) is 5.10 Å². The second-order valence-corrected chi connectivity index (χ2v) is 6.41. The van der Waals surface area contributed by atoms with Gasteiger partial charge in [0.25, 0.3) is 0 Å². The number of nitrogen functional groups attached to an aromatic ring is 1. The number of hydrogen-bond acceptors (Lipinski definition) is 5. The molecule has 3 rings (SSSR count). The molecule has 5 nitrogen and oxygen atoms in total. The average Bonchev–Trinajstić information content (AvgIpc) is 3.06. The van der Waals surface area contributed by atoms with Crippen molar-refractivity contribution in [2.75, 3.05) is 11.5 Å². The molecule has 1 aromatic heterocycles. The predicted molar refractivity (Wildman–Crippen MR) is 95.4 cm³/mol. The highest BCUT2D eigenvalue weighted by molar-refractivity contribution is 7.99. The second kappa shape index (κ2) is 7.20. The van der Waals surface area contributed by atoms with Crippen LogP contribution >= 0.6 is 11.8 Å². The fraction of sp³-hybridized carbons (Fsp3) is 0.167. The van der Waals surface area contributed by atoms with E-state index in [1.54, 1.807) is 0 Å². The molecule has 3 N–H and O–H groups in total. The number of nitrogens with one attached hydrogen (secondary N) is 1. The van der Waals surface area contributed by atoms with Gasteiger partial charge in [-0.2, -0.15) is 10.2 Å². The topological polar surface area (TPSA) is 91.4 Å². The van der Waals surface area contributed by atoms with Crippen LogP contribution in [0.25, 0.3) is 0 Å². The van der Waals surface area contributed by atoms with Crippen molar-refractivity contribution >= 4 is 17.7 Å². The van der Waals surface area contributed by atoms with Crippen molar-refractivity contribution in [3.05, 3.63) is 71.8 Å². The van der Waals surface area contributed by atoms with E-state index in [0.717, 1.165) is 11.1 Å². The summed E-state index contributed by atoms with van der Waals surface area (Å²) < 4.78 is 0. The Morgan fingerprint density at radius 2 is 1.62 bits per heavy atom. The smallest absolute Gasteiger partial charge is 0.216 e. The van der Waals surface area contributed by atoms with Crippen LogP contribution in [0.1, 0.15) is 17.5 Å². The van der Waals surface area contributed by atoms with E-state index in [9.17, 15) is 5.26 Å². The van der Waals surface area contributed by atoms with Gasteiger partial charge in [0.15, 0.2) is 0 Å². The lowest BCUT2D eigenvalue weighted by molar-refractivity contribution is 0.637. The third-order valence-corrected chi connectivity index (χ3v) is 4.76. The molecule has 0 fully saturated rings. The van der Waals surface area contributed by atoms with Gasteiger partial charge in [-0.3, -0.25) is 0 Å². The van der Waals surface area contributed by atoms with Gasteiger partial charge in [0.05, 0.1) is 6.07 Å². The zero-order valence-electron chi connectivity index (χ0n) is 13.0. The van der Waals surface area contributed by atoms with E-state index in [2.05, 4.69) is 21.3 Å². The monoisotopic (exact) mass is 335 g/mol. The van der Waals surface area contributed by atoms with Crippen molar-refractivity contribution in [3.63, 3.8) is 0 Å². The summed E-state index contributed by atoms with van der Waals surface area (Å²) in [5.41, 5.74) is 6.84. The summed E-state index contributed by atoms with van der Waals surface area (Å²) in [5, 5.41) is 17.3. The number of benzene rings is 2. The molecule has 0 bridgehead atoms. The minimum atomic E-state index is -0.697. The standard InChI is InChI=1S/C18H17N5S/c19-13-18(14-7-3-1-4-8-14,15-9-5-2-6-10-15)11-12-24-17-21-16(20)22-23-17/h1-10H,11-12H2,(H3,20,21,22,23). The molecule has 6 heteroatoms. The van der Waals surface area contributed by atoms with E-state index in [4.69, 9.17) is 5.73 Å². The van der Waals surface area contributed by atoms with Crippen LogP contribution in [0.15, 0.2) is 65.8 Å². The fourth-order valence-electron chi connectivity index (χ4n) is 2.70. The molecule has 0 aliphatic carbocycles. The summed E-state index contributed by atoms with van der Waals surface area (Å²) in [7, 11) is 0. The maximum absolute atomic E-state index is 10.1. The molecule has 0 aliphatic heterocycles. The number of anilines is 1. The summed E-state index contributed by atoms with van der Waals surface area (Å²) in [4.78, 5) is 4.09. The van der Waals surface area contributed by atoms with Crippen LogP contribution in [0, 0.1) is 11.3 Å². The molecule has 1 heterocycles. The lowest BCUT2D eigenvalue weighted by Crippen LogP contribution is -2.26. The molecule has 0 radical (unpaired) electrons. The number of nitrogens with two attached hydrogens (primary N) is 1. The van der Waals surface area contributed by atoms with E-state index >= 15 is 0 Å². The number of thioether (sulfide) groups is 1. The van der Waals surface area contributed by atoms with Gasteiger partial charge in [0.1, 0.15) is 5.41 Å². The summed E-state index contributed by atoms with van der Waals surface area (Å²) in [6.45, 7) is 0. The number of H-pyrrole nitrogens is 1. The number of rotatable bonds is 6. The molecule has 0 unspecified atom stereocenters. The highest BCUT2D eigenvalue weighted by Gasteiger charge is 2.34. The van der Waals surface area contributed by atoms with E-state index < -0.39 is 5.41 Å². The van der Waals surface area contributed by atoms with Crippen LogP contribution in [0.4, 0.5) is 5.95 Å². The maximum atomic E-state index is 10.1. The van der Waals surface area contributed by atoms with Gasteiger partial charge in [0, 0.05) is 5.75 Å². The van der Waals surface area contributed by atoms with E-state index in [1.807, 2.05) is 60.7 Å². The first-order chi connectivity index (χ1) is 11.7. The number of nitriles is 1. The first-order valence-corrected chi connectivity index (χ1v) is 8.56. The number of aromatic nitrogens is 3. The van der Waals surface area contributed by atoms with Gasteiger partial charge < -0.3 is 5.73 Å². The van der Waals surface area contributed by atoms with Crippen LogP contribution in [-0.4, -0.2) is 20.9 Å². The summed E-state index contributed by atoms with van der Waals surface area (Å²) in [6.07, 6.45) is 0.649. The molecule has 24 heavy (non-hydrogen) atoms. The lowest BCUT2D eigenvalue weighted by Gasteiger charge is -2.27. The van der Waals surface area contributed by atoms with Gasteiger partial charge in [-0.25, -0.2) is 5.10 Å². The molecule has 0 saturated carbocycles. The van der Waals surface area contributed by atoms with Gasteiger partial charge in [0.2, 0.25) is 11.1 Å². The minimum absolute atomic E-state index is 0.301. The van der Waals surface area contributed by atoms with Crippen molar-refractivity contribution < 1.29 is 0 Å². The Kier molecular flexibility index (Phi) is 4.82. The Balaban J connectivity index is 1.89. The molecular weight excluding hydrogens is 318 g/mol. The summed E-state index contributed by atoms with van der Waals surface area (Å²) >= 11 is 1.49. The zero-order chi connectivity index (χ0) is 16.8. The van der Waals surface area contributed by atoms with E-state index in [1.165, 1.54) is 11.8 Å². The van der Waals surface area contributed by atoms with Crippen molar-refractivity contribution in [3.8, 4) is 6.07 Å². The molecular formula is C18H17N5S. The average molecular weight is 335 g/mol. The Labute approximate surface area is 144 Å². The van der Waals surface area contributed by atoms with Crippen LogP contribution in [-0.2, 0) is 5.41 Å². The van der Waals surface area contributed by atoms with Gasteiger partial charge >= 0.3 is 0 Å². The SMILES string of the molecule is N#CC(CCSc1n[nH]c(N)n1)(c1ccccc1)c1ccccc1. The van der Waals surface area contributed by atoms with Crippen LogP contribution < -0.4 is 5.73 Å². The molecule has 0 saturated heterocycles. The Morgan fingerprint density at radius 3 is 2.08 bits per heavy atom. The molecule has 3 aromatic rings. The number of nitrogens with zero attached hydrogens (tertiary/aromatic N) is 3. The predicted octanol–water partition coefficient (Wildman–Crippen LogP) is 3.38. The summed E-state index contributed by atoms with van der Waals surface area (Å²) in [5.74, 6) is 1.00. The quantitative estimate of drug-likeness (QED) is 0.674. The normalized spacial score (nSPS) is 11.1. The van der Waals surface area contributed by atoms with Gasteiger partial charge in [-0.05, 0) is 17.5 Å². The Hall–Kier alpha value is -2.78. The van der Waals surface area contributed by atoms with Crippen LogP contribution in [0.2, 0.25) is 0 Å². The van der Waals surface area contributed by atoms with Crippen LogP contribution in [0.5, 0.6) is 0 Å². The second-order valence-electron chi connectivity index (χ2n) is 5.35. The van der Waals surface area contributed by atoms with Crippen molar-refractivity contribution in [2.24, 2.45) is 0 Å². The first-order valence-electron chi connectivity index (χ1n) is 7.57. The summed E-state index contributed by atoms with van der Waals surface area (Å²) in [6, 6.07) is 22.4. The highest BCUT2D eigenvalue weighted by atomic mass is 32.2. The number of aromatic amines is 1. The molecule has 0 amide bonds. The van der Waals surface area contributed by atoms with Crippen LogP contribution in [0.3, 0.4) is 0 Å². The van der Waals surface area contributed by atoms with Crippen molar-refractivity contribution in [1.29, 1.82) is 5.26 Å². The van der Waals surface area contributed by atoms with E-state index in [-0.39, 0.29) is 0 Å². The number of hydrogen-bond donors (Lipinski definition) is 2. The third kappa shape index (κ3) is 3.26. The largest absolute Gasteiger partial charge is 0.368 e. The Morgan fingerprint density at radius 1 is 1.04 bits per heavy atom. The molecule has 0 spiro atoms. The molecule has 2 aromatic carbocycles. The molecule has 120 valence electrons. The lowest BCUT2D eigenvalue weighted by atomic mass is 9.74. The minimum Gasteiger partial charge on any atom is -0.368 e. The first kappa shape index (κ1) is 16.1. The van der Waals surface area contributed by atoms with Crippen molar-refractivity contribution in [1.82, 2.24) is 15.2 Å². The molecule has 0 atom stereocenters. The molecule has 0 aliphatic rings. The highest BCUT2D eigenvalue weighted by Crippen LogP contribution is 2.36. The Bertz CT molecular complexity index is 784. The van der Waals surface area contributed by atoms with E-state index in [0.29, 0.717) is 23.3 Å². The van der Waals surface area contributed by atoms with Crippen molar-refractivity contribution in [2.45, 2.75) is 17.0 Å². The fourth-order valence-corrected chi connectivity index (χ4v) is 3.57. The third-order valence-electron chi connectivity index (χ3n) is 3.91. The zero-order valence-corrected chi connectivity index (χ0v) is 13.8. The maximum Gasteiger partial charge on any atom is 0.216 e.